The zero-order chi connectivity index (χ0) is 17.0. The Morgan fingerprint density at radius 1 is 1.16 bits per heavy atom. The fourth-order valence-electron chi connectivity index (χ4n) is 3.78. The molecule has 0 saturated carbocycles. The Morgan fingerprint density at radius 2 is 2.04 bits per heavy atom. The standard InChI is InChI=1S/C19H18N6/c1-12-10-24(11-13-5-4-8-21-9-13)19-23-16-17(25(12)19)14-6-2-3-7-15(14)22-18(16)20/h2-9,12H,10-11H2,1H3,(H2,20,22). The highest BCUT2D eigenvalue weighted by Gasteiger charge is 2.31. The average molecular weight is 330 g/mol. The Labute approximate surface area is 144 Å². The number of fused-ring (bicyclic) bond motifs is 5. The zero-order valence-electron chi connectivity index (χ0n) is 13.9. The Kier molecular flexibility index (Phi) is 2.94. The van der Waals surface area contributed by atoms with Crippen molar-refractivity contribution in [3.63, 3.8) is 0 Å². The summed E-state index contributed by atoms with van der Waals surface area (Å²) in [6, 6.07) is 12.5. The van der Waals surface area contributed by atoms with Gasteiger partial charge in [-0.15, -0.1) is 0 Å². The third-order valence-corrected chi connectivity index (χ3v) is 4.84. The van der Waals surface area contributed by atoms with Crippen LogP contribution in [-0.4, -0.2) is 26.1 Å². The highest BCUT2D eigenvalue weighted by atomic mass is 15.4. The highest BCUT2D eigenvalue weighted by Crippen LogP contribution is 2.38. The van der Waals surface area contributed by atoms with E-state index < -0.39 is 0 Å². The first-order chi connectivity index (χ1) is 12.2. The van der Waals surface area contributed by atoms with Gasteiger partial charge in [-0.3, -0.25) is 4.98 Å². The second kappa shape index (κ2) is 5.17. The molecule has 1 aliphatic rings. The van der Waals surface area contributed by atoms with E-state index in [2.05, 4.69) is 38.5 Å². The van der Waals surface area contributed by atoms with Crippen molar-refractivity contribution in [2.45, 2.75) is 19.5 Å². The summed E-state index contributed by atoms with van der Waals surface area (Å²) in [6.45, 7) is 3.93. The summed E-state index contributed by atoms with van der Waals surface area (Å²) in [5.74, 6) is 1.44. The van der Waals surface area contributed by atoms with Gasteiger partial charge < -0.3 is 15.2 Å². The third kappa shape index (κ3) is 2.07. The number of hydrogen-bond acceptors (Lipinski definition) is 5. The predicted octanol–water partition coefficient (Wildman–Crippen LogP) is 3.14. The summed E-state index contributed by atoms with van der Waals surface area (Å²) in [7, 11) is 0. The summed E-state index contributed by atoms with van der Waals surface area (Å²) in [5, 5.41) is 1.10. The SMILES string of the molecule is CC1CN(Cc2cccnc2)c2nc3c(N)nc4ccccc4c3n21. The number of benzene rings is 1. The smallest absolute Gasteiger partial charge is 0.207 e. The molecule has 0 bridgehead atoms. The lowest BCUT2D eigenvalue weighted by molar-refractivity contribution is 0.627. The van der Waals surface area contributed by atoms with E-state index in [-0.39, 0.29) is 0 Å². The molecular formula is C19H18N6. The van der Waals surface area contributed by atoms with Gasteiger partial charge in [-0.25, -0.2) is 9.97 Å². The molecule has 0 radical (unpaired) electrons. The minimum Gasteiger partial charge on any atom is -0.382 e. The number of nitrogens with two attached hydrogens (primary N) is 1. The van der Waals surface area contributed by atoms with Gasteiger partial charge in [-0.2, -0.15) is 0 Å². The molecule has 0 amide bonds. The molecule has 3 aromatic heterocycles. The molecule has 1 aromatic carbocycles. The first-order valence-corrected chi connectivity index (χ1v) is 8.42. The molecule has 1 atom stereocenters. The van der Waals surface area contributed by atoms with Crippen LogP contribution in [0.1, 0.15) is 18.5 Å². The number of rotatable bonds is 2. The first kappa shape index (κ1) is 14.2. The minimum atomic E-state index is 0.321. The van der Waals surface area contributed by atoms with E-state index in [4.69, 9.17) is 10.7 Å². The number of anilines is 2. The maximum atomic E-state index is 6.21. The molecule has 124 valence electrons. The van der Waals surface area contributed by atoms with Crippen molar-refractivity contribution in [1.82, 2.24) is 19.5 Å². The van der Waals surface area contributed by atoms with Gasteiger partial charge in [-0.05, 0) is 24.6 Å². The fourth-order valence-corrected chi connectivity index (χ4v) is 3.78. The van der Waals surface area contributed by atoms with E-state index in [1.807, 2.05) is 30.5 Å². The Balaban J connectivity index is 1.72. The molecule has 1 aliphatic heterocycles. The number of imidazole rings is 1. The van der Waals surface area contributed by atoms with Gasteiger partial charge in [0.05, 0.1) is 17.1 Å². The maximum absolute atomic E-state index is 6.21. The normalized spacial score (nSPS) is 16.7. The van der Waals surface area contributed by atoms with E-state index in [9.17, 15) is 0 Å². The second-order valence-corrected chi connectivity index (χ2v) is 6.58. The number of nitrogen functional groups attached to an aromatic ring is 1. The second-order valence-electron chi connectivity index (χ2n) is 6.58. The van der Waals surface area contributed by atoms with Crippen molar-refractivity contribution in [2.75, 3.05) is 17.2 Å². The minimum absolute atomic E-state index is 0.321. The van der Waals surface area contributed by atoms with Crippen LogP contribution in [0.2, 0.25) is 0 Å². The van der Waals surface area contributed by atoms with Gasteiger partial charge >= 0.3 is 0 Å². The van der Waals surface area contributed by atoms with Crippen molar-refractivity contribution in [2.24, 2.45) is 0 Å². The molecule has 0 saturated heterocycles. The Morgan fingerprint density at radius 3 is 2.88 bits per heavy atom. The Bertz CT molecular complexity index is 1090. The van der Waals surface area contributed by atoms with E-state index in [1.165, 1.54) is 5.56 Å². The summed E-state index contributed by atoms with van der Waals surface area (Å²) in [4.78, 5) is 15.9. The largest absolute Gasteiger partial charge is 0.382 e. The van der Waals surface area contributed by atoms with Crippen LogP contribution in [0.4, 0.5) is 11.8 Å². The van der Waals surface area contributed by atoms with Gasteiger partial charge in [0.25, 0.3) is 0 Å². The topological polar surface area (TPSA) is 72.9 Å². The van der Waals surface area contributed by atoms with E-state index >= 15 is 0 Å². The summed E-state index contributed by atoms with van der Waals surface area (Å²) in [6.07, 6.45) is 3.70. The summed E-state index contributed by atoms with van der Waals surface area (Å²) in [5.41, 5.74) is 10.2. The van der Waals surface area contributed by atoms with Gasteiger partial charge in [0.1, 0.15) is 5.52 Å². The van der Waals surface area contributed by atoms with Gasteiger partial charge in [0, 0.05) is 30.9 Å². The maximum Gasteiger partial charge on any atom is 0.207 e. The van der Waals surface area contributed by atoms with Crippen LogP contribution in [-0.2, 0) is 6.54 Å². The van der Waals surface area contributed by atoms with Crippen molar-refractivity contribution >= 4 is 33.7 Å². The molecule has 4 aromatic rings. The van der Waals surface area contributed by atoms with E-state index in [1.54, 1.807) is 6.20 Å². The lowest BCUT2D eigenvalue weighted by atomic mass is 10.1. The fraction of sp³-hybridized carbons (Fsp3) is 0.211. The molecule has 25 heavy (non-hydrogen) atoms. The lowest BCUT2D eigenvalue weighted by Crippen LogP contribution is -2.21. The first-order valence-electron chi connectivity index (χ1n) is 8.42. The summed E-state index contributed by atoms with van der Waals surface area (Å²) < 4.78 is 2.30. The molecule has 2 N–H and O–H groups in total. The predicted molar refractivity (Wildman–Crippen MR) is 99.4 cm³/mol. The highest BCUT2D eigenvalue weighted by molar-refractivity contribution is 6.07. The van der Waals surface area contributed by atoms with Gasteiger partial charge in [0.15, 0.2) is 5.82 Å². The average Bonchev–Trinajstić information content (AvgIpc) is 3.16. The van der Waals surface area contributed by atoms with Crippen molar-refractivity contribution < 1.29 is 0 Å². The van der Waals surface area contributed by atoms with Gasteiger partial charge in [0.2, 0.25) is 5.95 Å². The molecule has 6 heteroatoms. The van der Waals surface area contributed by atoms with Crippen LogP contribution in [0.3, 0.4) is 0 Å². The monoisotopic (exact) mass is 330 g/mol. The number of aromatic nitrogens is 4. The van der Waals surface area contributed by atoms with Crippen molar-refractivity contribution in [3.05, 3.63) is 54.4 Å². The van der Waals surface area contributed by atoms with Crippen LogP contribution in [0.25, 0.3) is 21.9 Å². The quantitative estimate of drug-likeness (QED) is 0.611. The molecule has 0 fully saturated rings. The number of nitrogens with zero attached hydrogens (tertiary/aromatic N) is 5. The summed E-state index contributed by atoms with van der Waals surface area (Å²) >= 11 is 0. The van der Waals surface area contributed by atoms with Crippen LogP contribution in [0.5, 0.6) is 0 Å². The zero-order valence-corrected chi connectivity index (χ0v) is 13.9. The van der Waals surface area contributed by atoms with Gasteiger partial charge in [-0.1, -0.05) is 24.3 Å². The molecule has 0 spiro atoms. The molecule has 4 heterocycles. The number of para-hydroxylation sites is 1. The van der Waals surface area contributed by atoms with Crippen molar-refractivity contribution in [3.8, 4) is 0 Å². The molecule has 1 unspecified atom stereocenters. The van der Waals surface area contributed by atoms with E-state index in [0.717, 1.165) is 41.0 Å². The van der Waals surface area contributed by atoms with Crippen molar-refractivity contribution in [1.29, 1.82) is 0 Å². The molecular weight excluding hydrogens is 312 g/mol. The third-order valence-electron chi connectivity index (χ3n) is 4.84. The van der Waals surface area contributed by atoms with Crippen LogP contribution < -0.4 is 10.6 Å². The van der Waals surface area contributed by atoms with E-state index in [0.29, 0.717) is 11.9 Å². The van der Waals surface area contributed by atoms with Crippen LogP contribution >= 0.6 is 0 Å². The van der Waals surface area contributed by atoms with Crippen LogP contribution in [0, 0.1) is 0 Å². The number of hydrogen-bond donors (Lipinski definition) is 1. The molecule has 6 nitrogen and oxygen atoms in total. The Hall–Kier alpha value is -3.15. The van der Waals surface area contributed by atoms with Crippen LogP contribution in [0.15, 0.2) is 48.8 Å². The lowest BCUT2D eigenvalue weighted by Gasteiger charge is -2.16. The molecule has 0 aliphatic carbocycles. The molecule has 5 rings (SSSR count). The number of pyridine rings is 2.